The van der Waals surface area contributed by atoms with Crippen LogP contribution in [-0.2, 0) is 29.4 Å². The van der Waals surface area contributed by atoms with Gasteiger partial charge in [-0.2, -0.15) is 11.8 Å². The van der Waals surface area contributed by atoms with Crippen LogP contribution in [0.15, 0.2) is 22.8 Å². The highest BCUT2D eigenvalue weighted by Gasteiger charge is 2.60. The first-order valence-corrected chi connectivity index (χ1v) is 9.45. The minimum atomic E-state index is -0.674. The van der Waals surface area contributed by atoms with Crippen molar-refractivity contribution in [1.29, 1.82) is 0 Å². The Hall–Kier alpha value is -0.570. The highest BCUT2D eigenvalue weighted by atomic mass is 32.2. The minimum absolute atomic E-state index is 0.115. The van der Waals surface area contributed by atoms with Gasteiger partial charge in [-0.3, -0.25) is 0 Å². The fourth-order valence-corrected chi connectivity index (χ4v) is 4.48. The molecule has 0 unspecified atom stereocenters. The third kappa shape index (κ3) is 3.25. The van der Waals surface area contributed by atoms with E-state index in [9.17, 15) is 0 Å². The van der Waals surface area contributed by atoms with Crippen LogP contribution in [0.25, 0.3) is 0 Å². The van der Waals surface area contributed by atoms with E-state index in [1.165, 1.54) is 0 Å². The molecule has 0 spiro atoms. The molecule has 1 aromatic heterocycles. The number of rotatable bonds is 4. The van der Waals surface area contributed by atoms with Crippen LogP contribution in [0.1, 0.15) is 33.5 Å². The summed E-state index contributed by atoms with van der Waals surface area (Å²) in [4.78, 5) is 0. The van der Waals surface area contributed by atoms with Crippen molar-refractivity contribution in [2.45, 2.75) is 75.7 Å². The van der Waals surface area contributed by atoms with Gasteiger partial charge in [0, 0.05) is 5.75 Å². The van der Waals surface area contributed by atoms with Crippen molar-refractivity contribution in [2.24, 2.45) is 0 Å². The second-order valence-electron chi connectivity index (χ2n) is 7.30. The Morgan fingerprint density at radius 2 is 1.67 bits per heavy atom. The van der Waals surface area contributed by atoms with Crippen LogP contribution in [0.2, 0.25) is 0 Å². The van der Waals surface area contributed by atoms with Crippen LogP contribution in [0, 0.1) is 0 Å². The van der Waals surface area contributed by atoms with Gasteiger partial charge >= 0.3 is 0 Å². The predicted molar refractivity (Wildman–Crippen MR) is 87.4 cm³/mol. The molecule has 1 aromatic rings. The predicted octanol–water partition coefficient (Wildman–Crippen LogP) is 2.91. The molecule has 0 amide bonds. The van der Waals surface area contributed by atoms with E-state index in [2.05, 4.69) is 0 Å². The summed E-state index contributed by atoms with van der Waals surface area (Å²) in [5.41, 5.74) is 0. The van der Waals surface area contributed by atoms with Crippen LogP contribution in [0.4, 0.5) is 0 Å². The second kappa shape index (κ2) is 6.00. The van der Waals surface area contributed by atoms with E-state index in [1.54, 1.807) is 18.0 Å². The van der Waals surface area contributed by atoms with Gasteiger partial charge in [-0.05, 0) is 39.8 Å². The summed E-state index contributed by atoms with van der Waals surface area (Å²) in [6.45, 7) is 7.64. The molecule has 3 aliphatic heterocycles. The van der Waals surface area contributed by atoms with E-state index in [1.807, 2.05) is 39.8 Å². The lowest BCUT2D eigenvalue weighted by Gasteiger charge is -2.37. The van der Waals surface area contributed by atoms with Crippen molar-refractivity contribution in [3.63, 3.8) is 0 Å². The summed E-state index contributed by atoms with van der Waals surface area (Å²) in [5, 5.41) is 0. The fourth-order valence-electron chi connectivity index (χ4n) is 3.50. The maximum Gasteiger partial charge on any atom is 0.190 e. The molecule has 0 bridgehead atoms. The number of furan rings is 1. The molecule has 0 saturated carbocycles. The summed E-state index contributed by atoms with van der Waals surface area (Å²) in [6, 6.07) is 3.87. The molecule has 0 radical (unpaired) electrons. The summed E-state index contributed by atoms with van der Waals surface area (Å²) >= 11 is 1.75. The monoisotopic (exact) mass is 356 g/mol. The van der Waals surface area contributed by atoms with Gasteiger partial charge in [0.1, 0.15) is 24.1 Å². The second-order valence-corrected chi connectivity index (χ2v) is 8.33. The van der Waals surface area contributed by atoms with E-state index < -0.39 is 17.9 Å². The van der Waals surface area contributed by atoms with Crippen molar-refractivity contribution >= 4 is 11.8 Å². The van der Waals surface area contributed by atoms with Crippen molar-refractivity contribution in [2.75, 3.05) is 5.75 Å². The largest absolute Gasteiger partial charge is 0.468 e. The molecule has 7 heteroatoms. The smallest absolute Gasteiger partial charge is 0.190 e. The molecule has 4 rings (SSSR count). The van der Waals surface area contributed by atoms with Crippen LogP contribution in [0.5, 0.6) is 0 Å². The van der Waals surface area contributed by atoms with E-state index in [-0.39, 0.29) is 24.4 Å². The molecule has 3 aliphatic rings. The van der Waals surface area contributed by atoms with E-state index in [0.29, 0.717) is 0 Å². The summed E-state index contributed by atoms with van der Waals surface area (Å²) < 4.78 is 35.7. The Morgan fingerprint density at radius 1 is 0.958 bits per heavy atom. The maximum atomic E-state index is 6.17. The Bertz CT molecular complexity index is 572. The molecule has 0 N–H and O–H groups in total. The Kier molecular flexibility index (Phi) is 4.22. The fraction of sp³-hybridized carbons (Fsp3) is 0.765. The molecule has 134 valence electrons. The highest BCUT2D eigenvalue weighted by Crippen LogP contribution is 2.44. The number of hydrogen-bond donors (Lipinski definition) is 0. The molecule has 3 saturated heterocycles. The van der Waals surface area contributed by atoms with E-state index >= 15 is 0 Å². The molecule has 3 fully saturated rings. The zero-order valence-electron chi connectivity index (χ0n) is 14.4. The SMILES string of the molecule is CC1(C)O[C@H]2[C@@H](O1)[C@@H](CSCc1ccco1)O[C@@H]1OC(C)(C)O[C@@H]12. The van der Waals surface area contributed by atoms with Gasteiger partial charge in [0.2, 0.25) is 0 Å². The number of fused-ring (bicyclic) bond motifs is 3. The van der Waals surface area contributed by atoms with Gasteiger partial charge in [-0.1, -0.05) is 0 Å². The molecular weight excluding hydrogens is 332 g/mol. The molecule has 4 heterocycles. The minimum Gasteiger partial charge on any atom is -0.468 e. The lowest BCUT2D eigenvalue weighted by molar-refractivity contribution is -0.228. The average Bonchev–Trinajstić information content (AvgIpc) is 3.15. The molecule has 0 aromatic carbocycles. The van der Waals surface area contributed by atoms with Gasteiger partial charge < -0.3 is 28.1 Å². The molecule has 0 aliphatic carbocycles. The highest BCUT2D eigenvalue weighted by molar-refractivity contribution is 7.98. The molecule has 24 heavy (non-hydrogen) atoms. The molecular formula is C17H24O6S. The van der Waals surface area contributed by atoms with E-state index in [4.69, 9.17) is 28.1 Å². The first-order chi connectivity index (χ1) is 11.3. The lowest BCUT2D eigenvalue weighted by Crippen LogP contribution is -2.55. The van der Waals surface area contributed by atoms with Crippen molar-refractivity contribution in [1.82, 2.24) is 0 Å². The van der Waals surface area contributed by atoms with Crippen LogP contribution >= 0.6 is 11.8 Å². The molecule has 5 atom stereocenters. The zero-order chi connectivity index (χ0) is 16.9. The van der Waals surface area contributed by atoms with Crippen molar-refractivity contribution in [3.05, 3.63) is 24.2 Å². The van der Waals surface area contributed by atoms with Crippen molar-refractivity contribution in [3.8, 4) is 0 Å². The summed E-state index contributed by atoms with van der Waals surface area (Å²) in [6.07, 6.45) is 0.537. The van der Waals surface area contributed by atoms with Gasteiger partial charge in [0.05, 0.1) is 18.1 Å². The first-order valence-electron chi connectivity index (χ1n) is 8.30. The standard InChI is InChI=1S/C17H24O6S/c1-16(2)20-12-11(9-24-8-10-6-5-7-18-10)19-15-14(13(12)21-16)22-17(3,4)23-15/h5-7,11-15H,8-9H2,1-4H3/t11-,12+,13+,14-,15-/m1/s1. The normalized spacial score (nSPS) is 39.6. The maximum absolute atomic E-state index is 6.17. The van der Waals surface area contributed by atoms with Crippen molar-refractivity contribution < 1.29 is 28.1 Å². The Balaban J connectivity index is 1.45. The molecule has 6 nitrogen and oxygen atoms in total. The van der Waals surface area contributed by atoms with Crippen LogP contribution in [0.3, 0.4) is 0 Å². The third-order valence-electron chi connectivity index (χ3n) is 4.36. The lowest BCUT2D eigenvalue weighted by atomic mass is 10.00. The third-order valence-corrected chi connectivity index (χ3v) is 5.41. The quantitative estimate of drug-likeness (QED) is 0.822. The van der Waals surface area contributed by atoms with Gasteiger partial charge in [0.25, 0.3) is 0 Å². The number of ether oxygens (including phenoxy) is 5. The van der Waals surface area contributed by atoms with Crippen LogP contribution in [-0.4, -0.2) is 48.0 Å². The van der Waals surface area contributed by atoms with Gasteiger partial charge in [-0.15, -0.1) is 0 Å². The summed E-state index contributed by atoms with van der Waals surface area (Å²) in [5.74, 6) is 1.20. The topological polar surface area (TPSA) is 59.3 Å². The average molecular weight is 356 g/mol. The number of hydrogen-bond acceptors (Lipinski definition) is 7. The Labute approximate surface area is 146 Å². The summed E-state index contributed by atoms with van der Waals surface area (Å²) in [7, 11) is 0. The number of thioether (sulfide) groups is 1. The zero-order valence-corrected chi connectivity index (χ0v) is 15.2. The van der Waals surface area contributed by atoms with Gasteiger partial charge in [0.15, 0.2) is 17.9 Å². The van der Waals surface area contributed by atoms with Gasteiger partial charge in [-0.25, -0.2) is 0 Å². The Morgan fingerprint density at radius 3 is 2.42 bits per heavy atom. The van der Waals surface area contributed by atoms with Crippen LogP contribution < -0.4 is 0 Å². The van der Waals surface area contributed by atoms with E-state index in [0.717, 1.165) is 17.3 Å². The first kappa shape index (κ1) is 16.9.